The Morgan fingerprint density at radius 1 is 1.21 bits per heavy atom. The zero-order chi connectivity index (χ0) is 13.9. The van der Waals surface area contributed by atoms with Gasteiger partial charge in [-0.25, -0.2) is 0 Å². The fraction of sp³-hybridized carbons (Fsp3) is 0.562. The number of aryl methyl sites for hydroxylation is 2. The van der Waals surface area contributed by atoms with Crippen molar-refractivity contribution < 1.29 is 9.53 Å². The van der Waals surface area contributed by atoms with E-state index >= 15 is 0 Å². The molecule has 1 heterocycles. The molecule has 1 aliphatic rings. The molecule has 104 valence electrons. The third-order valence-corrected chi connectivity index (χ3v) is 3.94. The summed E-state index contributed by atoms with van der Waals surface area (Å²) in [5, 5.41) is 0. The van der Waals surface area contributed by atoms with E-state index in [4.69, 9.17) is 4.74 Å². The minimum atomic E-state index is -0.245. The number of rotatable bonds is 4. The third-order valence-electron chi connectivity index (χ3n) is 3.94. The molecule has 0 aliphatic carbocycles. The van der Waals surface area contributed by atoms with E-state index in [0.29, 0.717) is 13.2 Å². The number of benzene rings is 1. The van der Waals surface area contributed by atoms with Crippen LogP contribution in [-0.2, 0) is 9.53 Å². The van der Waals surface area contributed by atoms with Crippen LogP contribution in [0.25, 0.3) is 0 Å². The van der Waals surface area contributed by atoms with Crippen LogP contribution in [-0.4, -0.2) is 33.1 Å². The molecule has 0 spiro atoms. The maximum absolute atomic E-state index is 11.5. The molecule has 19 heavy (non-hydrogen) atoms. The van der Waals surface area contributed by atoms with Crippen molar-refractivity contribution in [2.45, 2.75) is 26.7 Å². The topological polar surface area (TPSA) is 29.5 Å². The molecule has 1 aromatic rings. The largest absolute Gasteiger partial charge is 0.381 e. The minimum absolute atomic E-state index is 0.245. The van der Waals surface area contributed by atoms with E-state index < -0.39 is 0 Å². The fourth-order valence-electron chi connectivity index (χ4n) is 2.83. The summed E-state index contributed by atoms with van der Waals surface area (Å²) in [5.41, 5.74) is 3.46. The molecular weight excluding hydrogens is 238 g/mol. The average molecular weight is 261 g/mol. The molecule has 0 atom stereocenters. The molecule has 1 aromatic carbocycles. The van der Waals surface area contributed by atoms with Gasteiger partial charge in [0.25, 0.3) is 0 Å². The van der Waals surface area contributed by atoms with Crippen LogP contribution in [0.4, 0.5) is 5.69 Å². The minimum Gasteiger partial charge on any atom is -0.381 e. The zero-order valence-corrected chi connectivity index (χ0v) is 12.1. The van der Waals surface area contributed by atoms with Crippen LogP contribution in [0, 0.1) is 19.3 Å². The first-order chi connectivity index (χ1) is 9.04. The van der Waals surface area contributed by atoms with Crippen LogP contribution in [0.15, 0.2) is 18.2 Å². The van der Waals surface area contributed by atoms with Gasteiger partial charge in [0.05, 0.1) is 0 Å². The summed E-state index contributed by atoms with van der Waals surface area (Å²) in [6, 6.07) is 6.51. The second kappa shape index (κ2) is 5.74. The Morgan fingerprint density at radius 2 is 1.79 bits per heavy atom. The first-order valence-corrected chi connectivity index (χ1v) is 6.88. The Balaban J connectivity index is 2.14. The van der Waals surface area contributed by atoms with Crippen LogP contribution in [0.1, 0.15) is 24.0 Å². The standard InChI is InChI=1S/C16H23NO2/c1-13-8-14(2)10-15(9-13)17(3)11-16(12-18)4-6-19-7-5-16/h8-10,12H,4-7,11H2,1-3H3. The maximum Gasteiger partial charge on any atom is 0.128 e. The summed E-state index contributed by atoms with van der Waals surface area (Å²) in [5.74, 6) is 0. The van der Waals surface area contributed by atoms with E-state index in [2.05, 4.69) is 44.0 Å². The van der Waals surface area contributed by atoms with Crippen LogP contribution >= 0.6 is 0 Å². The predicted octanol–water partition coefficient (Wildman–Crippen LogP) is 2.74. The van der Waals surface area contributed by atoms with Crippen molar-refractivity contribution in [2.24, 2.45) is 5.41 Å². The molecule has 0 amide bonds. The first kappa shape index (κ1) is 14.1. The van der Waals surface area contributed by atoms with Crippen LogP contribution in [0.2, 0.25) is 0 Å². The Morgan fingerprint density at radius 3 is 2.32 bits per heavy atom. The molecule has 0 aromatic heterocycles. The molecule has 1 saturated heterocycles. The normalized spacial score (nSPS) is 18.1. The van der Waals surface area contributed by atoms with E-state index in [1.54, 1.807) is 0 Å². The van der Waals surface area contributed by atoms with Crippen molar-refractivity contribution in [1.82, 2.24) is 0 Å². The molecule has 1 aliphatic heterocycles. The van der Waals surface area contributed by atoms with Crippen molar-refractivity contribution >= 4 is 12.0 Å². The fourth-order valence-corrected chi connectivity index (χ4v) is 2.83. The molecule has 0 radical (unpaired) electrons. The van der Waals surface area contributed by atoms with E-state index in [1.165, 1.54) is 16.8 Å². The van der Waals surface area contributed by atoms with Gasteiger partial charge in [-0.1, -0.05) is 6.07 Å². The number of nitrogens with zero attached hydrogens (tertiary/aromatic N) is 1. The lowest BCUT2D eigenvalue weighted by Crippen LogP contribution is -2.41. The molecule has 3 heteroatoms. The number of ether oxygens (including phenoxy) is 1. The van der Waals surface area contributed by atoms with E-state index in [-0.39, 0.29) is 5.41 Å². The molecular formula is C16H23NO2. The van der Waals surface area contributed by atoms with Gasteiger partial charge in [0, 0.05) is 37.9 Å². The van der Waals surface area contributed by atoms with Gasteiger partial charge in [-0.3, -0.25) is 0 Å². The van der Waals surface area contributed by atoms with Gasteiger partial charge >= 0.3 is 0 Å². The summed E-state index contributed by atoms with van der Waals surface area (Å²) in [4.78, 5) is 13.7. The lowest BCUT2D eigenvalue weighted by atomic mass is 9.81. The number of carbonyl (C=O) groups is 1. The van der Waals surface area contributed by atoms with Gasteiger partial charge in [-0.2, -0.15) is 0 Å². The smallest absolute Gasteiger partial charge is 0.128 e. The molecule has 0 unspecified atom stereocenters. The van der Waals surface area contributed by atoms with E-state index in [9.17, 15) is 4.79 Å². The van der Waals surface area contributed by atoms with Crippen molar-refractivity contribution in [3.8, 4) is 0 Å². The quantitative estimate of drug-likeness (QED) is 0.781. The number of anilines is 1. The Hall–Kier alpha value is -1.35. The van der Waals surface area contributed by atoms with E-state index in [1.807, 2.05) is 0 Å². The summed E-state index contributed by atoms with van der Waals surface area (Å²) in [6.07, 6.45) is 2.78. The highest BCUT2D eigenvalue weighted by Gasteiger charge is 2.33. The molecule has 0 bridgehead atoms. The van der Waals surface area contributed by atoms with Crippen molar-refractivity contribution in [3.63, 3.8) is 0 Å². The van der Waals surface area contributed by atoms with Crippen molar-refractivity contribution in [2.75, 3.05) is 31.7 Å². The highest BCUT2D eigenvalue weighted by molar-refractivity contribution is 5.62. The van der Waals surface area contributed by atoms with Crippen LogP contribution in [0.3, 0.4) is 0 Å². The van der Waals surface area contributed by atoms with Crippen molar-refractivity contribution in [3.05, 3.63) is 29.3 Å². The lowest BCUT2D eigenvalue weighted by molar-refractivity contribution is -0.120. The third kappa shape index (κ3) is 3.35. The Kier molecular flexibility index (Phi) is 4.25. The predicted molar refractivity (Wildman–Crippen MR) is 77.7 cm³/mol. The van der Waals surface area contributed by atoms with Gasteiger partial charge in [-0.15, -0.1) is 0 Å². The summed E-state index contributed by atoms with van der Waals surface area (Å²) >= 11 is 0. The van der Waals surface area contributed by atoms with Crippen LogP contribution in [0.5, 0.6) is 0 Å². The number of carbonyl (C=O) groups excluding carboxylic acids is 1. The second-order valence-electron chi connectivity index (χ2n) is 5.79. The molecule has 3 nitrogen and oxygen atoms in total. The molecule has 0 N–H and O–H groups in total. The van der Waals surface area contributed by atoms with Crippen molar-refractivity contribution in [1.29, 1.82) is 0 Å². The SMILES string of the molecule is Cc1cc(C)cc(N(C)CC2(C=O)CCOCC2)c1. The number of hydrogen-bond acceptors (Lipinski definition) is 3. The summed E-state index contributed by atoms with van der Waals surface area (Å²) in [7, 11) is 2.06. The van der Waals surface area contributed by atoms with Gasteiger partial charge in [0.15, 0.2) is 0 Å². The summed E-state index contributed by atoms with van der Waals surface area (Å²) < 4.78 is 5.37. The summed E-state index contributed by atoms with van der Waals surface area (Å²) in [6.45, 7) is 6.37. The van der Waals surface area contributed by atoms with Gasteiger partial charge in [-0.05, 0) is 49.9 Å². The average Bonchev–Trinajstić information content (AvgIpc) is 2.38. The Labute approximate surface area is 115 Å². The second-order valence-corrected chi connectivity index (χ2v) is 5.79. The van der Waals surface area contributed by atoms with Gasteiger partial charge in [0.2, 0.25) is 0 Å². The number of aldehydes is 1. The Bertz CT molecular complexity index is 430. The van der Waals surface area contributed by atoms with E-state index in [0.717, 1.165) is 25.7 Å². The maximum atomic E-state index is 11.5. The monoisotopic (exact) mass is 261 g/mol. The van der Waals surface area contributed by atoms with Gasteiger partial charge in [0.1, 0.15) is 6.29 Å². The lowest BCUT2D eigenvalue weighted by Gasteiger charge is -2.36. The first-order valence-electron chi connectivity index (χ1n) is 6.88. The van der Waals surface area contributed by atoms with Crippen LogP contribution < -0.4 is 4.90 Å². The zero-order valence-electron chi connectivity index (χ0n) is 12.1. The molecule has 0 saturated carbocycles. The number of hydrogen-bond donors (Lipinski definition) is 0. The highest BCUT2D eigenvalue weighted by atomic mass is 16.5. The molecule has 1 fully saturated rings. The van der Waals surface area contributed by atoms with Gasteiger partial charge < -0.3 is 14.4 Å². The molecule has 2 rings (SSSR count). The highest BCUT2D eigenvalue weighted by Crippen LogP contribution is 2.31.